The van der Waals surface area contributed by atoms with Crippen molar-refractivity contribution < 1.29 is 19.1 Å². The van der Waals surface area contributed by atoms with Crippen molar-refractivity contribution >= 4 is 12.3 Å². The summed E-state index contributed by atoms with van der Waals surface area (Å²) in [5, 5.41) is 0. The molecule has 0 atom stereocenters. The number of allylic oxidation sites excluding steroid dienone is 1. The number of carbonyl (C=O) groups is 2. The van der Waals surface area contributed by atoms with Gasteiger partial charge in [-0.1, -0.05) is 6.08 Å². The molecule has 90 valence electrons. The molecular formula is C13H14O4. The molecule has 4 nitrogen and oxygen atoms in total. The topological polar surface area (TPSA) is 52.6 Å². The Balaban J connectivity index is 3.12. The van der Waals surface area contributed by atoms with Gasteiger partial charge in [0.1, 0.15) is 11.5 Å². The van der Waals surface area contributed by atoms with Crippen LogP contribution in [0.4, 0.5) is 0 Å². The molecule has 1 aromatic rings. The molecule has 0 saturated carbocycles. The number of ether oxygens (including phenoxy) is 2. The Bertz CT molecular complexity index is 461. The van der Waals surface area contributed by atoms with E-state index in [2.05, 4.69) is 0 Å². The molecule has 0 aromatic heterocycles. The zero-order chi connectivity index (χ0) is 12.8. The molecule has 0 fully saturated rings. The Labute approximate surface area is 99.8 Å². The van der Waals surface area contributed by atoms with Crippen LogP contribution in [0.25, 0.3) is 0 Å². The number of esters is 1. The van der Waals surface area contributed by atoms with Crippen LogP contribution in [-0.4, -0.2) is 19.4 Å². The lowest BCUT2D eigenvalue weighted by atomic mass is 10.1. The Morgan fingerprint density at radius 2 is 2.00 bits per heavy atom. The molecule has 1 aromatic carbocycles. The average molecular weight is 234 g/mol. The van der Waals surface area contributed by atoms with Gasteiger partial charge in [-0.2, -0.15) is 0 Å². The summed E-state index contributed by atoms with van der Waals surface area (Å²) in [7, 11) is 1.51. The lowest BCUT2D eigenvalue weighted by molar-refractivity contribution is -0.129. The summed E-state index contributed by atoms with van der Waals surface area (Å²) in [6.45, 7) is 3.51. The summed E-state index contributed by atoms with van der Waals surface area (Å²) in [4.78, 5) is 22.2. The molecule has 0 saturated heterocycles. The van der Waals surface area contributed by atoms with Crippen molar-refractivity contribution in [1.29, 1.82) is 0 Å². The number of carbonyl (C=O) groups excluding carboxylic acids is 2. The monoisotopic (exact) mass is 234 g/mol. The largest absolute Gasteiger partial charge is 0.496 e. The number of aldehydes is 1. The molecule has 0 radical (unpaired) electrons. The van der Waals surface area contributed by atoms with Crippen LogP contribution in [-0.2, 0) is 4.79 Å². The average Bonchev–Trinajstić information content (AvgIpc) is 2.31. The van der Waals surface area contributed by atoms with E-state index in [1.807, 2.05) is 6.92 Å². The SMILES string of the molecule is CC=CC(=O)Oc1cc(OC)c(C)cc1C=O. The van der Waals surface area contributed by atoms with Crippen molar-refractivity contribution in [2.75, 3.05) is 7.11 Å². The molecule has 0 amide bonds. The fourth-order valence-electron chi connectivity index (χ4n) is 1.37. The first-order chi connectivity index (χ1) is 8.12. The highest BCUT2D eigenvalue weighted by atomic mass is 16.5. The zero-order valence-corrected chi connectivity index (χ0v) is 10.0. The van der Waals surface area contributed by atoms with Crippen LogP contribution < -0.4 is 9.47 Å². The normalized spacial score (nSPS) is 10.3. The van der Waals surface area contributed by atoms with Gasteiger partial charge < -0.3 is 9.47 Å². The minimum atomic E-state index is -0.526. The number of hydrogen-bond donors (Lipinski definition) is 0. The summed E-state index contributed by atoms with van der Waals surface area (Å²) >= 11 is 0. The van der Waals surface area contributed by atoms with Crippen LogP contribution in [0.3, 0.4) is 0 Å². The van der Waals surface area contributed by atoms with Gasteiger partial charge in [-0.3, -0.25) is 4.79 Å². The molecule has 4 heteroatoms. The highest BCUT2D eigenvalue weighted by Gasteiger charge is 2.11. The molecule has 0 N–H and O–H groups in total. The van der Waals surface area contributed by atoms with Crippen LogP contribution in [0, 0.1) is 6.92 Å². The molecule has 0 unspecified atom stereocenters. The number of benzene rings is 1. The van der Waals surface area contributed by atoms with Gasteiger partial charge in [-0.15, -0.1) is 0 Å². The summed E-state index contributed by atoms with van der Waals surface area (Å²) in [5.74, 6) is 0.242. The third kappa shape index (κ3) is 3.17. The molecule has 0 aliphatic heterocycles. The van der Waals surface area contributed by atoms with Gasteiger partial charge in [0.05, 0.1) is 12.7 Å². The van der Waals surface area contributed by atoms with E-state index in [4.69, 9.17) is 9.47 Å². The Morgan fingerprint density at radius 1 is 1.29 bits per heavy atom. The minimum Gasteiger partial charge on any atom is -0.496 e. The van der Waals surface area contributed by atoms with E-state index in [0.29, 0.717) is 17.6 Å². The molecule has 0 heterocycles. The predicted molar refractivity (Wildman–Crippen MR) is 63.6 cm³/mol. The van der Waals surface area contributed by atoms with Gasteiger partial charge in [0, 0.05) is 12.1 Å². The van der Waals surface area contributed by atoms with Crippen molar-refractivity contribution in [2.45, 2.75) is 13.8 Å². The van der Waals surface area contributed by atoms with Crippen molar-refractivity contribution in [2.24, 2.45) is 0 Å². The molecule has 0 bridgehead atoms. The zero-order valence-electron chi connectivity index (χ0n) is 10.0. The smallest absolute Gasteiger partial charge is 0.335 e. The highest BCUT2D eigenvalue weighted by Crippen LogP contribution is 2.27. The van der Waals surface area contributed by atoms with Crippen molar-refractivity contribution in [1.82, 2.24) is 0 Å². The van der Waals surface area contributed by atoms with E-state index >= 15 is 0 Å². The van der Waals surface area contributed by atoms with E-state index < -0.39 is 5.97 Å². The first-order valence-electron chi connectivity index (χ1n) is 5.10. The van der Waals surface area contributed by atoms with Crippen LogP contribution in [0.1, 0.15) is 22.8 Å². The van der Waals surface area contributed by atoms with Gasteiger partial charge in [0.15, 0.2) is 6.29 Å². The fourth-order valence-corrected chi connectivity index (χ4v) is 1.37. The van der Waals surface area contributed by atoms with Crippen LogP contribution in [0.2, 0.25) is 0 Å². The summed E-state index contributed by atoms with van der Waals surface area (Å²) < 4.78 is 10.1. The van der Waals surface area contributed by atoms with Crippen LogP contribution in [0.5, 0.6) is 11.5 Å². The second-order valence-corrected chi connectivity index (χ2v) is 3.40. The maximum Gasteiger partial charge on any atom is 0.335 e. The van der Waals surface area contributed by atoms with Crippen molar-refractivity contribution in [3.63, 3.8) is 0 Å². The van der Waals surface area contributed by atoms with Crippen LogP contribution in [0.15, 0.2) is 24.3 Å². The van der Waals surface area contributed by atoms with Gasteiger partial charge in [-0.05, 0) is 25.5 Å². The number of rotatable bonds is 4. The van der Waals surface area contributed by atoms with Gasteiger partial charge in [0.2, 0.25) is 0 Å². The molecule has 1 rings (SSSR count). The lowest BCUT2D eigenvalue weighted by Gasteiger charge is -2.09. The number of hydrogen-bond acceptors (Lipinski definition) is 4. The maximum atomic E-state index is 11.3. The van der Waals surface area contributed by atoms with Crippen molar-refractivity contribution in [3.05, 3.63) is 35.4 Å². The van der Waals surface area contributed by atoms with Gasteiger partial charge >= 0.3 is 5.97 Å². The molecule has 0 aliphatic carbocycles. The Morgan fingerprint density at radius 3 is 2.53 bits per heavy atom. The number of methoxy groups -OCH3 is 1. The highest BCUT2D eigenvalue weighted by molar-refractivity contribution is 5.87. The van der Waals surface area contributed by atoms with E-state index in [0.717, 1.165) is 5.56 Å². The minimum absolute atomic E-state index is 0.200. The standard InChI is InChI=1S/C13H14O4/c1-4-5-13(15)17-12-7-11(16-3)9(2)6-10(12)8-14/h4-8H,1-3H3. The summed E-state index contributed by atoms with van der Waals surface area (Å²) in [5.41, 5.74) is 1.13. The van der Waals surface area contributed by atoms with E-state index in [1.54, 1.807) is 19.1 Å². The second kappa shape index (κ2) is 5.84. The first kappa shape index (κ1) is 13.0. The summed E-state index contributed by atoms with van der Waals surface area (Å²) in [6.07, 6.45) is 3.49. The van der Waals surface area contributed by atoms with Crippen LogP contribution >= 0.6 is 0 Å². The third-order valence-electron chi connectivity index (χ3n) is 2.17. The quantitative estimate of drug-likeness (QED) is 0.347. The Kier molecular flexibility index (Phi) is 4.46. The Hall–Kier alpha value is -2.10. The molecule has 0 aliphatic rings. The molecule has 17 heavy (non-hydrogen) atoms. The van der Waals surface area contributed by atoms with E-state index in [-0.39, 0.29) is 5.75 Å². The van der Waals surface area contributed by atoms with E-state index in [9.17, 15) is 9.59 Å². The van der Waals surface area contributed by atoms with Crippen molar-refractivity contribution in [3.8, 4) is 11.5 Å². The fraction of sp³-hybridized carbons (Fsp3) is 0.231. The molecular weight excluding hydrogens is 220 g/mol. The predicted octanol–water partition coefficient (Wildman–Crippen LogP) is 2.30. The number of aryl methyl sites for hydroxylation is 1. The van der Waals surface area contributed by atoms with Gasteiger partial charge in [-0.25, -0.2) is 4.79 Å². The van der Waals surface area contributed by atoms with Gasteiger partial charge in [0.25, 0.3) is 0 Å². The second-order valence-electron chi connectivity index (χ2n) is 3.40. The first-order valence-corrected chi connectivity index (χ1v) is 5.10. The maximum absolute atomic E-state index is 11.3. The molecule has 0 spiro atoms. The summed E-state index contributed by atoms with van der Waals surface area (Å²) in [6, 6.07) is 3.14. The van der Waals surface area contributed by atoms with E-state index in [1.165, 1.54) is 19.3 Å². The third-order valence-corrected chi connectivity index (χ3v) is 2.17. The lowest BCUT2D eigenvalue weighted by Crippen LogP contribution is -2.06.